The Balaban J connectivity index is 2.05. The molecule has 3 nitrogen and oxygen atoms in total. The lowest BCUT2D eigenvalue weighted by atomic mass is 10.1. The van der Waals surface area contributed by atoms with E-state index < -0.39 is 0 Å². The average Bonchev–Trinajstić information content (AvgIpc) is 2.38. The van der Waals surface area contributed by atoms with Gasteiger partial charge in [-0.3, -0.25) is 14.5 Å². The summed E-state index contributed by atoms with van der Waals surface area (Å²) in [6.45, 7) is 2.48. The summed E-state index contributed by atoms with van der Waals surface area (Å²) >= 11 is 0. The van der Waals surface area contributed by atoms with E-state index in [1.165, 1.54) is 22.6 Å². The van der Waals surface area contributed by atoms with Gasteiger partial charge in [0.2, 0.25) is 0 Å². The Morgan fingerprint density at radius 2 is 2.00 bits per heavy atom. The van der Waals surface area contributed by atoms with Crippen LogP contribution in [0.25, 0.3) is 6.08 Å². The standard InChI is InChI=1S/C15H15NO2/c1-12-5-7-13(8-6-12)9-10-15(18)16-11-3-2-4-14(16)17/h2,4-10H,3,11H2,1H3/b10-9+. The highest BCUT2D eigenvalue weighted by molar-refractivity contribution is 6.06. The van der Waals surface area contributed by atoms with Crippen LogP contribution >= 0.6 is 0 Å². The molecule has 1 aromatic rings. The molecular formula is C15H15NO2. The summed E-state index contributed by atoms with van der Waals surface area (Å²) in [5, 5.41) is 0. The normalized spacial score (nSPS) is 15.4. The molecule has 0 saturated carbocycles. The minimum atomic E-state index is -0.259. The fourth-order valence-electron chi connectivity index (χ4n) is 1.74. The van der Waals surface area contributed by atoms with E-state index in [4.69, 9.17) is 0 Å². The lowest BCUT2D eigenvalue weighted by Gasteiger charge is -2.19. The smallest absolute Gasteiger partial charge is 0.253 e. The molecular weight excluding hydrogens is 226 g/mol. The van der Waals surface area contributed by atoms with Gasteiger partial charge < -0.3 is 0 Å². The van der Waals surface area contributed by atoms with E-state index in [0.717, 1.165) is 12.0 Å². The largest absolute Gasteiger partial charge is 0.275 e. The zero-order valence-corrected chi connectivity index (χ0v) is 10.3. The van der Waals surface area contributed by atoms with Gasteiger partial charge in [0.15, 0.2) is 0 Å². The first kappa shape index (κ1) is 12.3. The van der Waals surface area contributed by atoms with Crippen LogP contribution in [-0.2, 0) is 9.59 Å². The van der Waals surface area contributed by atoms with E-state index in [9.17, 15) is 9.59 Å². The third kappa shape index (κ3) is 2.94. The molecule has 0 bridgehead atoms. The van der Waals surface area contributed by atoms with Crippen LogP contribution in [0.4, 0.5) is 0 Å². The molecule has 1 aromatic carbocycles. The predicted molar refractivity (Wildman–Crippen MR) is 70.7 cm³/mol. The van der Waals surface area contributed by atoms with E-state index >= 15 is 0 Å². The Hall–Kier alpha value is -2.16. The van der Waals surface area contributed by atoms with Crippen molar-refractivity contribution in [2.75, 3.05) is 6.54 Å². The predicted octanol–water partition coefficient (Wildman–Crippen LogP) is 2.32. The summed E-state index contributed by atoms with van der Waals surface area (Å²) in [5.74, 6) is -0.496. The third-order valence-corrected chi connectivity index (χ3v) is 2.81. The maximum atomic E-state index is 11.8. The van der Waals surface area contributed by atoms with Crippen molar-refractivity contribution in [3.05, 3.63) is 53.6 Å². The van der Waals surface area contributed by atoms with Gasteiger partial charge in [0.25, 0.3) is 11.8 Å². The molecule has 0 N–H and O–H groups in total. The average molecular weight is 241 g/mol. The van der Waals surface area contributed by atoms with Gasteiger partial charge in [-0.1, -0.05) is 35.9 Å². The number of aryl methyl sites for hydroxylation is 1. The second-order valence-corrected chi connectivity index (χ2v) is 4.26. The van der Waals surface area contributed by atoms with E-state index in [2.05, 4.69) is 0 Å². The van der Waals surface area contributed by atoms with Crippen LogP contribution in [0.1, 0.15) is 17.5 Å². The molecule has 0 aliphatic carbocycles. The summed E-state index contributed by atoms with van der Waals surface area (Å²) in [6, 6.07) is 7.85. The number of nitrogens with zero attached hydrogens (tertiary/aromatic N) is 1. The highest BCUT2D eigenvalue weighted by Gasteiger charge is 2.18. The van der Waals surface area contributed by atoms with Crippen LogP contribution in [0.2, 0.25) is 0 Å². The van der Waals surface area contributed by atoms with Crippen LogP contribution in [0.5, 0.6) is 0 Å². The molecule has 1 heterocycles. The van der Waals surface area contributed by atoms with E-state index in [0.29, 0.717) is 6.54 Å². The van der Waals surface area contributed by atoms with Crippen molar-refractivity contribution >= 4 is 17.9 Å². The van der Waals surface area contributed by atoms with Crippen LogP contribution in [0.15, 0.2) is 42.5 Å². The SMILES string of the molecule is Cc1ccc(/C=C/C(=O)N2CCC=CC2=O)cc1. The monoisotopic (exact) mass is 241 g/mol. The Bertz CT molecular complexity index is 512. The van der Waals surface area contributed by atoms with Crippen LogP contribution < -0.4 is 0 Å². The molecule has 0 spiro atoms. The summed E-state index contributed by atoms with van der Waals surface area (Å²) in [5.41, 5.74) is 2.13. The second-order valence-electron chi connectivity index (χ2n) is 4.26. The molecule has 1 aliphatic heterocycles. The summed E-state index contributed by atoms with van der Waals surface area (Å²) in [6.07, 6.45) is 7.14. The Morgan fingerprint density at radius 3 is 2.67 bits per heavy atom. The molecule has 0 aromatic heterocycles. The number of benzene rings is 1. The Kier molecular flexibility index (Phi) is 3.72. The molecule has 0 fully saturated rings. The molecule has 92 valence electrons. The fraction of sp³-hybridized carbons (Fsp3) is 0.200. The lowest BCUT2D eigenvalue weighted by Crippen LogP contribution is -2.37. The summed E-state index contributed by atoms with van der Waals surface area (Å²) in [7, 11) is 0. The number of amides is 2. The minimum Gasteiger partial charge on any atom is -0.275 e. The minimum absolute atomic E-state index is 0.236. The maximum Gasteiger partial charge on any atom is 0.253 e. The Labute approximate surface area is 106 Å². The van der Waals surface area contributed by atoms with Crippen LogP contribution in [0.3, 0.4) is 0 Å². The molecule has 18 heavy (non-hydrogen) atoms. The van der Waals surface area contributed by atoms with Crippen molar-refractivity contribution in [1.82, 2.24) is 4.90 Å². The molecule has 1 aliphatic rings. The number of carbonyl (C=O) groups excluding carboxylic acids is 2. The number of carbonyl (C=O) groups is 2. The van der Waals surface area contributed by atoms with Gasteiger partial charge in [0.1, 0.15) is 0 Å². The number of hydrogen-bond donors (Lipinski definition) is 0. The van der Waals surface area contributed by atoms with E-state index in [-0.39, 0.29) is 11.8 Å². The van der Waals surface area contributed by atoms with Crippen molar-refractivity contribution in [2.24, 2.45) is 0 Å². The molecule has 0 radical (unpaired) electrons. The van der Waals surface area contributed by atoms with Crippen LogP contribution in [-0.4, -0.2) is 23.3 Å². The molecule has 2 rings (SSSR count). The van der Waals surface area contributed by atoms with E-state index in [1.54, 1.807) is 12.2 Å². The zero-order valence-electron chi connectivity index (χ0n) is 10.3. The first-order chi connectivity index (χ1) is 8.66. The highest BCUT2D eigenvalue weighted by Crippen LogP contribution is 2.07. The molecule has 0 saturated heterocycles. The molecule has 2 amide bonds. The van der Waals surface area contributed by atoms with Crippen molar-refractivity contribution < 1.29 is 9.59 Å². The van der Waals surface area contributed by atoms with Crippen molar-refractivity contribution in [2.45, 2.75) is 13.3 Å². The highest BCUT2D eigenvalue weighted by atomic mass is 16.2. The number of imide groups is 1. The quantitative estimate of drug-likeness (QED) is 0.745. The van der Waals surface area contributed by atoms with Gasteiger partial charge in [-0.05, 0) is 31.1 Å². The van der Waals surface area contributed by atoms with Gasteiger partial charge >= 0.3 is 0 Å². The Morgan fingerprint density at radius 1 is 1.28 bits per heavy atom. The molecule has 3 heteroatoms. The van der Waals surface area contributed by atoms with Gasteiger partial charge in [-0.15, -0.1) is 0 Å². The fourth-order valence-corrected chi connectivity index (χ4v) is 1.74. The lowest BCUT2D eigenvalue weighted by molar-refractivity contribution is -0.139. The van der Waals surface area contributed by atoms with Crippen molar-refractivity contribution in [3.8, 4) is 0 Å². The van der Waals surface area contributed by atoms with Gasteiger partial charge in [-0.2, -0.15) is 0 Å². The molecule has 0 atom stereocenters. The maximum absolute atomic E-state index is 11.8. The van der Waals surface area contributed by atoms with Crippen molar-refractivity contribution in [1.29, 1.82) is 0 Å². The second kappa shape index (κ2) is 5.45. The van der Waals surface area contributed by atoms with Gasteiger partial charge in [0, 0.05) is 12.6 Å². The number of rotatable bonds is 2. The molecule has 0 unspecified atom stereocenters. The van der Waals surface area contributed by atoms with E-state index in [1.807, 2.05) is 31.2 Å². The summed E-state index contributed by atoms with van der Waals surface area (Å²) < 4.78 is 0. The first-order valence-electron chi connectivity index (χ1n) is 5.93. The topological polar surface area (TPSA) is 37.4 Å². The van der Waals surface area contributed by atoms with Gasteiger partial charge in [-0.25, -0.2) is 0 Å². The number of hydrogen-bond acceptors (Lipinski definition) is 2. The van der Waals surface area contributed by atoms with Gasteiger partial charge in [0.05, 0.1) is 0 Å². The third-order valence-electron chi connectivity index (χ3n) is 2.81. The first-order valence-corrected chi connectivity index (χ1v) is 5.93. The van der Waals surface area contributed by atoms with Crippen molar-refractivity contribution in [3.63, 3.8) is 0 Å². The zero-order chi connectivity index (χ0) is 13.0. The van der Waals surface area contributed by atoms with Crippen LogP contribution in [0, 0.1) is 6.92 Å². The summed E-state index contributed by atoms with van der Waals surface area (Å²) in [4.78, 5) is 24.6.